The maximum Gasteiger partial charge on any atom is 0.200 e. The van der Waals surface area contributed by atoms with E-state index in [-0.39, 0.29) is 16.9 Å². The number of rotatable bonds is 3. The lowest BCUT2D eigenvalue weighted by atomic mass is 9.89. The molecule has 33 heavy (non-hydrogen) atoms. The van der Waals surface area contributed by atoms with Crippen molar-refractivity contribution in [1.29, 1.82) is 0 Å². The van der Waals surface area contributed by atoms with Crippen LogP contribution < -0.4 is 5.43 Å². The predicted molar refractivity (Wildman–Crippen MR) is 109 cm³/mol. The van der Waals surface area contributed by atoms with Crippen LogP contribution in [0.25, 0.3) is 22.3 Å². The van der Waals surface area contributed by atoms with E-state index < -0.39 is 82.3 Å². The molecule has 9 N–H and O–H groups in total. The maximum absolute atomic E-state index is 12.8. The van der Waals surface area contributed by atoms with Crippen LogP contribution in [0.2, 0.25) is 0 Å². The molecule has 3 aromatic rings. The van der Waals surface area contributed by atoms with E-state index in [1.807, 2.05) is 0 Å². The number of benzene rings is 2. The lowest BCUT2D eigenvalue weighted by Gasteiger charge is -2.40. The number of hydrogen-bond acceptors (Lipinski definition) is 12. The van der Waals surface area contributed by atoms with Gasteiger partial charge in [-0.2, -0.15) is 0 Å². The summed E-state index contributed by atoms with van der Waals surface area (Å²) in [5.41, 5.74) is -1.60. The third-order valence-electron chi connectivity index (χ3n) is 5.54. The summed E-state index contributed by atoms with van der Waals surface area (Å²) in [6.45, 7) is -0.742. The van der Waals surface area contributed by atoms with E-state index in [1.54, 1.807) is 0 Å². The number of aromatic hydroxyl groups is 5. The molecule has 12 heteroatoms. The second-order valence-corrected chi connectivity index (χ2v) is 7.62. The number of phenols is 5. The molecule has 1 aliphatic heterocycles. The van der Waals surface area contributed by atoms with Gasteiger partial charge in [-0.3, -0.25) is 4.79 Å². The number of phenolic OH excluding ortho intramolecular Hbond substituents is 5. The van der Waals surface area contributed by atoms with Crippen molar-refractivity contribution < 1.29 is 55.1 Å². The Morgan fingerprint density at radius 2 is 1.42 bits per heavy atom. The second-order valence-electron chi connectivity index (χ2n) is 7.62. The summed E-state index contributed by atoms with van der Waals surface area (Å²) >= 11 is 0. The highest BCUT2D eigenvalue weighted by Crippen LogP contribution is 2.45. The molecule has 1 fully saturated rings. The molecular weight excluding hydrogens is 444 g/mol. The molecule has 1 unspecified atom stereocenters. The Morgan fingerprint density at radius 3 is 2.03 bits per heavy atom. The molecule has 1 saturated heterocycles. The topological polar surface area (TPSA) is 222 Å². The molecule has 0 amide bonds. The van der Waals surface area contributed by atoms with Crippen molar-refractivity contribution in [1.82, 2.24) is 0 Å². The Balaban J connectivity index is 1.87. The molecule has 12 nitrogen and oxygen atoms in total. The first-order valence-corrected chi connectivity index (χ1v) is 9.63. The van der Waals surface area contributed by atoms with Gasteiger partial charge in [-0.15, -0.1) is 0 Å². The van der Waals surface area contributed by atoms with Crippen molar-refractivity contribution in [3.63, 3.8) is 0 Å². The number of fused-ring (bicyclic) bond motifs is 1. The predicted octanol–water partition coefficient (Wildman–Crippen LogP) is -0.497. The minimum absolute atomic E-state index is 0.00112. The van der Waals surface area contributed by atoms with Gasteiger partial charge in [0.2, 0.25) is 0 Å². The third kappa shape index (κ3) is 3.59. The van der Waals surface area contributed by atoms with Gasteiger partial charge in [0, 0.05) is 17.7 Å². The minimum atomic E-state index is -1.83. The lowest BCUT2D eigenvalue weighted by Crippen LogP contribution is -2.55. The molecule has 0 aliphatic carbocycles. The van der Waals surface area contributed by atoms with Crippen molar-refractivity contribution in [2.24, 2.45) is 0 Å². The molecule has 176 valence electrons. The summed E-state index contributed by atoms with van der Waals surface area (Å²) in [6, 6.07) is 3.89. The highest BCUT2D eigenvalue weighted by atomic mass is 16.5. The largest absolute Gasteiger partial charge is 0.507 e. The van der Waals surface area contributed by atoms with E-state index in [2.05, 4.69) is 0 Å². The van der Waals surface area contributed by atoms with Crippen LogP contribution in [-0.4, -0.2) is 77.0 Å². The zero-order chi connectivity index (χ0) is 24.2. The van der Waals surface area contributed by atoms with Gasteiger partial charge in [-0.25, -0.2) is 0 Å². The molecule has 1 aromatic heterocycles. The number of aliphatic hydroxyl groups is 4. The third-order valence-corrected chi connectivity index (χ3v) is 5.54. The van der Waals surface area contributed by atoms with Crippen LogP contribution in [0.3, 0.4) is 0 Å². The zero-order valence-corrected chi connectivity index (χ0v) is 16.7. The molecular formula is C21H20O12. The maximum atomic E-state index is 12.8. The monoisotopic (exact) mass is 464 g/mol. The van der Waals surface area contributed by atoms with Crippen LogP contribution in [0.5, 0.6) is 28.7 Å². The summed E-state index contributed by atoms with van der Waals surface area (Å²) in [5, 5.41) is 89.4. The fraction of sp³-hybridized carbons (Fsp3) is 0.286. The molecule has 0 bridgehead atoms. The van der Waals surface area contributed by atoms with Crippen LogP contribution in [0, 0.1) is 0 Å². The van der Waals surface area contributed by atoms with Crippen molar-refractivity contribution in [2.75, 3.05) is 6.61 Å². The van der Waals surface area contributed by atoms with E-state index in [4.69, 9.17) is 9.15 Å². The highest BCUT2D eigenvalue weighted by Gasteiger charge is 2.46. The fourth-order valence-corrected chi connectivity index (χ4v) is 3.81. The van der Waals surface area contributed by atoms with Gasteiger partial charge in [0.25, 0.3) is 0 Å². The molecule has 0 spiro atoms. The molecule has 0 radical (unpaired) electrons. The normalized spacial score (nSPS) is 25.4. The van der Waals surface area contributed by atoms with Crippen molar-refractivity contribution in [3.8, 4) is 40.1 Å². The molecule has 0 saturated carbocycles. The second kappa shape index (κ2) is 8.10. The van der Waals surface area contributed by atoms with Crippen molar-refractivity contribution in [3.05, 3.63) is 40.1 Å². The summed E-state index contributed by atoms with van der Waals surface area (Å²) in [7, 11) is 0. The van der Waals surface area contributed by atoms with Gasteiger partial charge >= 0.3 is 0 Å². The van der Waals surface area contributed by atoms with Gasteiger partial charge in [0.05, 0.1) is 12.2 Å². The van der Waals surface area contributed by atoms with Gasteiger partial charge in [-0.1, -0.05) is 0 Å². The first kappa shape index (κ1) is 22.6. The lowest BCUT2D eigenvalue weighted by molar-refractivity contribution is -0.232. The zero-order valence-electron chi connectivity index (χ0n) is 16.7. The van der Waals surface area contributed by atoms with Crippen LogP contribution in [0.4, 0.5) is 0 Å². The standard InChI is InChI=1S/C21H20O12/c22-5-13-17(28)19(30)20(31)21(33-13)15-8(24)4-12-14(18(15)29)7(23)3-11(32-12)6-1-9(25)16(27)10(26)2-6/h1-4,13,17,19-22,24-31H,5H2/t13-,17-,19+,20+,21?/m1/s1. The van der Waals surface area contributed by atoms with Crippen LogP contribution in [0.15, 0.2) is 33.5 Å². The number of ether oxygens (including phenoxy) is 1. The summed E-state index contributed by atoms with van der Waals surface area (Å²) in [5.74, 6) is -3.85. The first-order valence-electron chi connectivity index (χ1n) is 9.63. The summed E-state index contributed by atoms with van der Waals surface area (Å²) in [4.78, 5) is 12.8. The number of aliphatic hydroxyl groups excluding tert-OH is 4. The number of hydrogen-bond donors (Lipinski definition) is 9. The Kier molecular flexibility index (Phi) is 5.56. The van der Waals surface area contributed by atoms with E-state index in [0.29, 0.717) is 0 Å². The minimum Gasteiger partial charge on any atom is -0.507 e. The SMILES string of the molecule is O=c1cc(-c2cc(O)c(O)c(O)c2)oc2cc(O)c(C3O[C@H](CO)[C@@H](O)[C@H](O)[C@@H]3O)c(O)c12. The van der Waals surface area contributed by atoms with Gasteiger partial charge in [-0.05, 0) is 12.1 Å². The Morgan fingerprint density at radius 1 is 0.788 bits per heavy atom. The van der Waals surface area contributed by atoms with Crippen LogP contribution >= 0.6 is 0 Å². The Bertz CT molecular complexity index is 1260. The Labute approximate surface area is 184 Å². The quantitative estimate of drug-likeness (QED) is 0.224. The van der Waals surface area contributed by atoms with Crippen LogP contribution in [0.1, 0.15) is 11.7 Å². The van der Waals surface area contributed by atoms with Crippen LogP contribution in [-0.2, 0) is 4.74 Å². The summed E-state index contributed by atoms with van der Waals surface area (Å²) < 4.78 is 10.9. The summed E-state index contributed by atoms with van der Waals surface area (Å²) in [6.07, 6.45) is -8.22. The molecule has 1 aliphatic rings. The highest BCUT2D eigenvalue weighted by molar-refractivity contribution is 5.88. The fourth-order valence-electron chi connectivity index (χ4n) is 3.81. The van der Waals surface area contributed by atoms with E-state index in [9.17, 15) is 50.8 Å². The average molecular weight is 464 g/mol. The molecule has 2 aromatic carbocycles. The van der Waals surface area contributed by atoms with E-state index >= 15 is 0 Å². The van der Waals surface area contributed by atoms with Gasteiger partial charge in [0.15, 0.2) is 22.7 Å². The van der Waals surface area contributed by atoms with E-state index in [0.717, 1.165) is 24.3 Å². The van der Waals surface area contributed by atoms with Gasteiger partial charge in [0.1, 0.15) is 58.7 Å². The molecule has 5 atom stereocenters. The van der Waals surface area contributed by atoms with Gasteiger partial charge < -0.3 is 55.1 Å². The average Bonchev–Trinajstić information content (AvgIpc) is 2.76. The molecule has 2 heterocycles. The Hall–Kier alpha value is -3.55. The van der Waals surface area contributed by atoms with E-state index in [1.165, 1.54) is 0 Å². The smallest absolute Gasteiger partial charge is 0.200 e. The first-order chi connectivity index (χ1) is 15.5. The van der Waals surface area contributed by atoms with Crippen molar-refractivity contribution >= 4 is 11.0 Å². The van der Waals surface area contributed by atoms with Crippen molar-refractivity contribution in [2.45, 2.75) is 30.5 Å². The molecule has 4 rings (SSSR count).